The number of aryl methyl sites for hydroxylation is 1. The van der Waals surface area contributed by atoms with Gasteiger partial charge >= 0.3 is 0 Å². The molecular formula is C17H17Cl3N2O2. The molecule has 24 heavy (non-hydrogen) atoms. The van der Waals surface area contributed by atoms with E-state index >= 15 is 0 Å². The average molecular weight is 388 g/mol. The zero-order valence-corrected chi connectivity index (χ0v) is 15.4. The number of hydrogen-bond acceptors (Lipinski definition) is 3. The molecule has 0 saturated heterocycles. The third-order valence-electron chi connectivity index (χ3n) is 3.28. The van der Waals surface area contributed by atoms with Gasteiger partial charge in [-0.3, -0.25) is 4.79 Å². The molecular weight excluding hydrogens is 371 g/mol. The van der Waals surface area contributed by atoms with Crippen LogP contribution in [0.4, 0.5) is 5.69 Å². The second-order valence-corrected chi connectivity index (χ2v) is 7.53. The Balaban J connectivity index is 2.21. The number of alkyl halides is 3. The molecule has 2 aromatic carbocycles. The average Bonchev–Trinajstić information content (AvgIpc) is 2.53. The summed E-state index contributed by atoms with van der Waals surface area (Å²) in [5.74, 6) is 0.0255. The first-order valence-corrected chi connectivity index (χ1v) is 8.28. The van der Waals surface area contributed by atoms with Crippen molar-refractivity contribution in [3.05, 3.63) is 59.7 Å². The van der Waals surface area contributed by atoms with Crippen molar-refractivity contribution in [3.8, 4) is 5.75 Å². The lowest BCUT2D eigenvalue weighted by Gasteiger charge is -2.27. The Morgan fingerprint density at radius 1 is 1.12 bits per heavy atom. The van der Waals surface area contributed by atoms with E-state index in [1.54, 1.807) is 24.3 Å². The maximum Gasteiger partial charge on any atom is 0.256 e. The van der Waals surface area contributed by atoms with Gasteiger partial charge in [0.15, 0.2) is 0 Å². The van der Waals surface area contributed by atoms with Crippen molar-refractivity contribution >= 4 is 46.4 Å². The maximum atomic E-state index is 12.5. The number of para-hydroxylation sites is 1. The lowest BCUT2D eigenvalue weighted by molar-refractivity contribution is 0.0939. The van der Waals surface area contributed by atoms with Crippen LogP contribution in [0.5, 0.6) is 5.75 Å². The number of carbonyl (C=O) groups excluding carboxylic acids is 1. The monoisotopic (exact) mass is 386 g/mol. The van der Waals surface area contributed by atoms with Crippen LogP contribution in [0.15, 0.2) is 48.5 Å². The van der Waals surface area contributed by atoms with Crippen LogP contribution in [-0.4, -0.2) is 23.0 Å². The molecule has 0 radical (unpaired) electrons. The summed E-state index contributed by atoms with van der Waals surface area (Å²) in [6.45, 7) is 1.95. The molecule has 128 valence electrons. The molecule has 0 unspecified atom stereocenters. The molecule has 0 heterocycles. The van der Waals surface area contributed by atoms with E-state index in [1.165, 1.54) is 7.11 Å². The summed E-state index contributed by atoms with van der Waals surface area (Å²) in [5, 5.41) is 5.72. The Bertz CT molecular complexity index is 717. The highest BCUT2D eigenvalue weighted by Gasteiger charge is 2.34. The lowest BCUT2D eigenvalue weighted by Crippen LogP contribution is -2.49. The highest BCUT2D eigenvalue weighted by atomic mass is 35.6. The van der Waals surface area contributed by atoms with Gasteiger partial charge in [-0.25, -0.2) is 0 Å². The molecule has 1 amide bonds. The van der Waals surface area contributed by atoms with Gasteiger partial charge in [0.25, 0.3) is 5.91 Å². The first-order valence-electron chi connectivity index (χ1n) is 7.15. The first-order chi connectivity index (χ1) is 11.3. The summed E-state index contributed by atoms with van der Waals surface area (Å²) in [4.78, 5) is 12.5. The summed E-state index contributed by atoms with van der Waals surface area (Å²) in [6.07, 6.45) is -0.929. The molecule has 0 aromatic heterocycles. The first kappa shape index (κ1) is 18.7. The molecule has 0 spiro atoms. The number of amides is 1. The minimum Gasteiger partial charge on any atom is -0.496 e. The standard InChI is InChI=1S/C17H17Cl3N2O2/c1-11-6-5-7-12(10-11)21-16(17(18,19)20)22-15(23)13-8-3-4-9-14(13)24-2/h3-10,16,21H,1-2H3,(H,22,23)/t16-/m0/s1. The SMILES string of the molecule is COc1ccccc1C(=O)N[C@H](Nc1cccc(C)c1)C(Cl)(Cl)Cl. The van der Waals surface area contributed by atoms with Crippen molar-refractivity contribution < 1.29 is 9.53 Å². The van der Waals surface area contributed by atoms with Gasteiger partial charge in [-0.15, -0.1) is 0 Å². The second-order valence-electron chi connectivity index (χ2n) is 5.16. The summed E-state index contributed by atoms with van der Waals surface area (Å²) in [7, 11) is 1.49. The normalized spacial score (nSPS) is 12.4. The third-order valence-corrected chi connectivity index (χ3v) is 3.94. The van der Waals surface area contributed by atoms with E-state index in [0.717, 1.165) is 11.3 Å². The molecule has 0 bridgehead atoms. The minimum atomic E-state index is -1.75. The van der Waals surface area contributed by atoms with Crippen LogP contribution in [-0.2, 0) is 0 Å². The molecule has 0 aliphatic carbocycles. The number of benzene rings is 2. The molecule has 2 N–H and O–H groups in total. The number of anilines is 1. The Morgan fingerprint density at radius 3 is 2.46 bits per heavy atom. The number of halogens is 3. The zero-order chi connectivity index (χ0) is 17.7. The molecule has 0 aliphatic heterocycles. The summed E-state index contributed by atoms with van der Waals surface area (Å²) >= 11 is 18.0. The summed E-state index contributed by atoms with van der Waals surface area (Å²) < 4.78 is 3.44. The van der Waals surface area contributed by atoms with Crippen LogP contribution >= 0.6 is 34.8 Å². The van der Waals surface area contributed by atoms with E-state index in [1.807, 2.05) is 31.2 Å². The topological polar surface area (TPSA) is 50.4 Å². The summed E-state index contributed by atoms with van der Waals surface area (Å²) in [5.41, 5.74) is 2.12. The van der Waals surface area contributed by atoms with E-state index in [0.29, 0.717) is 11.3 Å². The van der Waals surface area contributed by atoms with Crippen molar-refractivity contribution in [3.63, 3.8) is 0 Å². The van der Waals surface area contributed by atoms with E-state index in [2.05, 4.69) is 10.6 Å². The van der Waals surface area contributed by atoms with Crippen LogP contribution < -0.4 is 15.4 Å². The fraction of sp³-hybridized carbons (Fsp3) is 0.235. The predicted octanol–water partition coefficient (Wildman–Crippen LogP) is 4.54. The quantitative estimate of drug-likeness (QED) is 0.585. The fourth-order valence-corrected chi connectivity index (χ4v) is 2.47. The van der Waals surface area contributed by atoms with Crippen LogP contribution in [0, 0.1) is 6.92 Å². The predicted molar refractivity (Wildman–Crippen MR) is 99.3 cm³/mol. The number of hydrogen-bond donors (Lipinski definition) is 2. The van der Waals surface area contributed by atoms with Gasteiger partial charge in [0.1, 0.15) is 11.9 Å². The Kier molecular flexibility index (Phi) is 6.21. The van der Waals surface area contributed by atoms with Crippen molar-refractivity contribution in [2.24, 2.45) is 0 Å². The van der Waals surface area contributed by atoms with Crippen molar-refractivity contribution in [2.75, 3.05) is 12.4 Å². The van der Waals surface area contributed by atoms with E-state index in [9.17, 15) is 4.79 Å². The van der Waals surface area contributed by atoms with Gasteiger partial charge in [0, 0.05) is 5.69 Å². The molecule has 1 atom stereocenters. The molecule has 0 aliphatic rings. The highest BCUT2D eigenvalue weighted by molar-refractivity contribution is 6.68. The smallest absolute Gasteiger partial charge is 0.256 e. The van der Waals surface area contributed by atoms with Gasteiger partial charge in [-0.2, -0.15) is 0 Å². The van der Waals surface area contributed by atoms with Crippen molar-refractivity contribution in [1.29, 1.82) is 0 Å². The third kappa shape index (κ3) is 4.94. The molecule has 2 rings (SSSR count). The van der Waals surface area contributed by atoms with Gasteiger partial charge in [-0.1, -0.05) is 59.1 Å². The number of rotatable bonds is 5. The van der Waals surface area contributed by atoms with Gasteiger partial charge in [-0.05, 0) is 36.8 Å². The van der Waals surface area contributed by atoms with Crippen LogP contribution in [0.1, 0.15) is 15.9 Å². The van der Waals surface area contributed by atoms with Crippen LogP contribution in [0.2, 0.25) is 0 Å². The minimum absolute atomic E-state index is 0.352. The van der Waals surface area contributed by atoms with E-state index in [-0.39, 0.29) is 0 Å². The lowest BCUT2D eigenvalue weighted by atomic mass is 10.2. The fourth-order valence-electron chi connectivity index (χ4n) is 2.14. The largest absolute Gasteiger partial charge is 0.496 e. The van der Waals surface area contributed by atoms with Gasteiger partial charge in [0.05, 0.1) is 12.7 Å². The van der Waals surface area contributed by atoms with E-state index < -0.39 is 15.9 Å². The Hall–Kier alpha value is -1.62. The number of nitrogens with one attached hydrogen (secondary N) is 2. The second kappa shape index (κ2) is 7.97. The Morgan fingerprint density at radius 2 is 1.83 bits per heavy atom. The van der Waals surface area contributed by atoms with Crippen LogP contribution in [0.25, 0.3) is 0 Å². The highest BCUT2D eigenvalue weighted by Crippen LogP contribution is 2.31. The summed E-state index contributed by atoms with van der Waals surface area (Å²) in [6, 6.07) is 14.4. The van der Waals surface area contributed by atoms with Gasteiger partial charge < -0.3 is 15.4 Å². The molecule has 2 aromatic rings. The van der Waals surface area contributed by atoms with E-state index in [4.69, 9.17) is 39.5 Å². The molecule has 0 saturated carbocycles. The van der Waals surface area contributed by atoms with Crippen molar-refractivity contribution in [1.82, 2.24) is 5.32 Å². The van der Waals surface area contributed by atoms with Crippen LogP contribution in [0.3, 0.4) is 0 Å². The zero-order valence-electron chi connectivity index (χ0n) is 13.1. The molecule has 0 fully saturated rings. The van der Waals surface area contributed by atoms with Gasteiger partial charge in [0.2, 0.25) is 3.79 Å². The number of carbonyl (C=O) groups is 1. The number of ether oxygens (including phenoxy) is 1. The molecule has 7 heteroatoms. The molecule has 4 nitrogen and oxygen atoms in total. The Labute approximate surface area is 156 Å². The van der Waals surface area contributed by atoms with Crippen molar-refractivity contribution in [2.45, 2.75) is 16.9 Å². The number of methoxy groups -OCH3 is 1. The maximum absolute atomic E-state index is 12.5.